The van der Waals surface area contributed by atoms with E-state index in [2.05, 4.69) is 25.4 Å². The van der Waals surface area contributed by atoms with E-state index in [1.54, 1.807) is 23.1 Å². The number of furan rings is 1. The summed E-state index contributed by atoms with van der Waals surface area (Å²) in [5, 5.41) is 13.7. The van der Waals surface area contributed by atoms with E-state index in [-0.39, 0.29) is 17.5 Å². The molecule has 200 valence electrons. The molecule has 3 aromatic heterocycles. The number of aromatic nitrogens is 5. The number of hydrogen-bond acceptors (Lipinski definition) is 7. The highest BCUT2D eigenvalue weighted by atomic mass is 19.1. The maximum atomic E-state index is 13.7. The van der Waals surface area contributed by atoms with Gasteiger partial charge in [-0.25, -0.2) is 9.07 Å². The van der Waals surface area contributed by atoms with Crippen LogP contribution in [0.15, 0.2) is 76.1 Å². The van der Waals surface area contributed by atoms with E-state index in [0.29, 0.717) is 43.4 Å². The summed E-state index contributed by atoms with van der Waals surface area (Å²) in [7, 11) is 0. The second kappa shape index (κ2) is 10.9. The van der Waals surface area contributed by atoms with Gasteiger partial charge in [0, 0.05) is 18.7 Å². The molecule has 2 atom stereocenters. The van der Waals surface area contributed by atoms with Crippen LogP contribution in [0.2, 0.25) is 0 Å². The van der Waals surface area contributed by atoms with Crippen LogP contribution in [0.5, 0.6) is 0 Å². The minimum atomic E-state index is -0.634. The topological polar surface area (TPSA) is 102 Å². The summed E-state index contributed by atoms with van der Waals surface area (Å²) in [6.07, 6.45) is 3.53. The number of aryl methyl sites for hydroxylation is 1. The summed E-state index contributed by atoms with van der Waals surface area (Å²) in [4.78, 5) is 18.9. The van der Waals surface area contributed by atoms with Gasteiger partial charge in [0.1, 0.15) is 17.6 Å². The number of tetrazole rings is 1. The first-order valence-corrected chi connectivity index (χ1v) is 13.1. The number of benzene rings is 2. The number of para-hydroxylation sites is 1. The van der Waals surface area contributed by atoms with E-state index < -0.39 is 6.04 Å². The van der Waals surface area contributed by atoms with Crippen molar-refractivity contribution in [1.82, 2.24) is 30.1 Å². The highest BCUT2D eigenvalue weighted by Gasteiger charge is 2.32. The first-order valence-electron chi connectivity index (χ1n) is 13.1. The minimum Gasteiger partial charge on any atom is -0.468 e. The van der Waals surface area contributed by atoms with E-state index in [9.17, 15) is 9.18 Å². The van der Waals surface area contributed by atoms with E-state index in [4.69, 9.17) is 9.15 Å². The van der Waals surface area contributed by atoms with Crippen molar-refractivity contribution in [2.75, 3.05) is 6.61 Å². The molecule has 0 unspecified atom stereocenters. The number of rotatable bonds is 9. The predicted molar refractivity (Wildman–Crippen MR) is 142 cm³/mol. The summed E-state index contributed by atoms with van der Waals surface area (Å²) in [6, 6.07) is 17.3. The standard InChI is InChI=1S/C29H29FN6O3/c1-19-5-2-6-21-15-25(29(37)31-26(19)21)27(28-32-33-34-36(28)18-24-8-4-14-39-24)35(17-23-7-3-13-38-23)16-20-9-11-22(30)12-10-20/h2-3,5-7,9-13,15,24,27H,4,8,14,16-18H2,1H3,(H,31,37)/t24-,27-/m1/s1. The number of nitrogens with zero attached hydrogens (tertiary/aromatic N) is 5. The van der Waals surface area contributed by atoms with Gasteiger partial charge in [-0.2, -0.15) is 0 Å². The lowest BCUT2D eigenvalue weighted by atomic mass is 10.0. The molecule has 2 aromatic carbocycles. The minimum absolute atomic E-state index is 0.000981. The van der Waals surface area contributed by atoms with Crippen LogP contribution in [-0.4, -0.2) is 42.8 Å². The second-order valence-corrected chi connectivity index (χ2v) is 9.96. The molecule has 10 heteroatoms. The van der Waals surface area contributed by atoms with Crippen LogP contribution in [0.25, 0.3) is 10.9 Å². The van der Waals surface area contributed by atoms with E-state index in [1.165, 1.54) is 12.1 Å². The average molecular weight is 529 g/mol. The number of aromatic amines is 1. The molecule has 0 bridgehead atoms. The lowest BCUT2D eigenvalue weighted by Gasteiger charge is -2.30. The molecule has 4 heterocycles. The van der Waals surface area contributed by atoms with Gasteiger partial charge < -0.3 is 14.1 Å². The maximum Gasteiger partial charge on any atom is 0.253 e. The molecule has 1 aliphatic rings. The Morgan fingerprint density at radius 2 is 2.03 bits per heavy atom. The van der Waals surface area contributed by atoms with Crippen molar-refractivity contribution in [2.24, 2.45) is 0 Å². The number of ether oxygens (including phenoxy) is 1. The van der Waals surface area contributed by atoms with Gasteiger partial charge in [-0.3, -0.25) is 9.69 Å². The highest BCUT2D eigenvalue weighted by Crippen LogP contribution is 2.31. The third-order valence-electron chi connectivity index (χ3n) is 7.22. The van der Waals surface area contributed by atoms with Crippen LogP contribution in [-0.2, 0) is 24.4 Å². The Labute approximate surface area is 224 Å². The SMILES string of the molecule is Cc1cccc2cc([C@H](c3nnnn3C[C@H]3CCCO3)N(Cc3ccc(F)cc3)Cc3ccco3)c(=O)[nH]c12. The van der Waals surface area contributed by atoms with Gasteiger partial charge in [-0.15, -0.1) is 5.10 Å². The number of H-pyrrole nitrogens is 1. The zero-order chi connectivity index (χ0) is 26.8. The molecule has 0 aliphatic carbocycles. The van der Waals surface area contributed by atoms with Crippen molar-refractivity contribution in [3.05, 3.63) is 111 Å². The summed E-state index contributed by atoms with van der Waals surface area (Å²) < 4.78 is 27.1. The van der Waals surface area contributed by atoms with Crippen molar-refractivity contribution >= 4 is 10.9 Å². The van der Waals surface area contributed by atoms with Gasteiger partial charge in [0.25, 0.3) is 5.56 Å². The van der Waals surface area contributed by atoms with Crippen LogP contribution in [0.4, 0.5) is 4.39 Å². The monoisotopic (exact) mass is 528 g/mol. The fourth-order valence-electron chi connectivity index (χ4n) is 5.29. The summed E-state index contributed by atoms with van der Waals surface area (Å²) in [5.74, 6) is 0.930. The van der Waals surface area contributed by atoms with Crippen LogP contribution >= 0.6 is 0 Å². The number of hydrogen-bond donors (Lipinski definition) is 1. The molecule has 39 heavy (non-hydrogen) atoms. The fraction of sp³-hybridized carbons (Fsp3) is 0.310. The largest absolute Gasteiger partial charge is 0.468 e. The molecule has 1 fully saturated rings. The molecular weight excluding hydrogens is 499 g/mol. The Hall–Kier alpha value is -4.15. The van der Waals surface area contributed by atoms with Gasteiger partial charge in [0.15, 0.2) is 5.82 Å². The van der Waals surface area contributed by atoms with E-state index in [0.717, 1.165) is 34.9 Å². The van der Waals surface area contributed by atoms with Gasteiger partial charge in [-0.05, 0) is 77.0 Å². The van der Waals surface area contributed by atoms with Crippen molar-refractivity contribution < 1.29 is 13.5 Å². The average Bonchev–Trinajstić information content (AvgIpc) is 3.72. The molecule has 5 aromatic rings. The predicted octanol–water partition coefficient (Wildman–Crippen LogP) is 4.53. The van der Waals surface area contributed by atoms with Crippen molar-refractivity contribution in [2.45, 2.75) is 51.5 Å². The summed E-state index contributed by atoms with van der Waals surface area (Å²) >= 11 is 0. The van der Waals surface area contributed by atoms with Crippen LogP contribution < -0.4 is 5.56 Å². The summed E-state index contributed by atoms with van der Waals surface area (Å²) in [5.41, 5.74) is 2.93. The van der Waals surface area contributed by atoms with Crippen LogP contribution in [0, 0.1) is 12.7 Å². The molecular formula is C29H29FN6O3. The smallest absolute Gasteiger partial charge is 0.253 e. The Bertz CT molecular complexity index is 1610. The fourth-order valence-corrected chi connectivity index (χ4v) is 5.29. The van der Waals surface area contributed by atoms with Crippen LogP contribution in [0.1, 0.15) is 47.2 Å². The van der Waals surface area contributed by atoms with Gasteiger partial charge in [-0.1, -0.05) is 30.3 Å². The number of fused-ring (bicyclic) bond motifs is 1. The zero-order valence-corrected chi connectivity index (χ0v) is 21.6. The Balaban J connectivity index is 1.50. The molecule has 1 saturated heterocycles. The quantitative estimate of drug-likeness (QED) is 0.300. The maximum absolute atomic E-state index is 13.7. The van der Waals surface area contributed by atoms with Crippen molar-refractivity contribution in [3.8, 4) is 0 Å². The Morgan fingerprint density at radius 1 is 1.15 bits per heavy atom. The number of pyridine rings is 1. The first-order chi connectivity index (χ1) is 19.0. The Kier molecular flexibility index (Phi) is 7.04. The van der Waals surface area contributed by atoms with Gasteiger partial charge in [0.05, 0.1) is 31.0 Å². The van der Waals surface area contributed by atoms with E-state index in [1.807, 2.05) is 43.3 Å². The molecule has 1 N–H and O–H groups in total. The highest BCUT2D eigenvalue weighted by molar-refractivity contribution is 5.82. The molecule has 0 amide bonds. The molecule has 9 nitrogen and oxygen atoms in total. The Morgan fingerprint density at radius 3 is 2.79 bits per heavy atom. The van der Waals surface area contributed by atoms with E-state index >= 15 is 0 Å². The van der Waals surface area contributed by atoms with Crippen molar-refractivity contribution in [3.63, 3.8) is 0 Å². The molecule has 0 spiro atoms. The third-order valence-corrected chi connectivity index (χ3v) is 7.22. The van der Waals surface area contributed by atoms with Crippen molar-refractivity contribution in [1.29, 1.82) is 0 Å². The summed E-state index contributed by atoms with van der Waals surface area (Å²) in [6.45, 7) is 3.92. The number of halogens is 1. The third kappa shape index (κ3) is 5.39. The number of nitrogens with one attached hydrogen (secondary N) is 1. The van der Waals surface area contributed by atoms with Gasteiger partial charge >= 0.3 is 0 Å². The lowest BCUT2D eigenvalue weighted by molar-refractivity contribution is 0.0901. The normalized spacial score (nSPS) is 16.3. The molecule has 0 radical (unpaired) electrons. The molecule has 6 rings (SSSR count). The van der Waals surface area contributed by atoms with Gasteiger partial charge in [0.2, 0.25) is 0 Å². The molecule has 0 saturated carbocycles. The second-order valence-electron chi connectivity index (χ2n) is 9.96. The first kappa shape index (κ1) is 25.1. The molecule has 1 aliphatic heterocycles. The zero-order valence-electron chi connectivity index (χ0n) is 21.6. The van der Waals surface area contributed by atoms with Crippen LogP contribution in [0.3, 0.4) is 0 Å². The lowest BCUT2D eigenvalue weighted by Crippen LogP contribution is -2.35.